The Kier molecular flexibility index (Phi) is 5.74. The molecule has 0 spiro atoms. The van der Waals surface area contributed by atoms with E-state index in [4.69, 9.17) is 0 Å². The largest absolute Gasteiger partial charge is 0.512 e. The number of anilines is 1. The number of likely N-dealkylation sites (N-methyl/N-ethyl adjacent to an activating group) is 1. The minimum atomic E-state index is 0.0815. The lowest BCUT2D eigenvalue weighted by Gasteiger charge is -2.25. The van der Waals surface area contributed by atoms with Crippen LogP contribution in [-0.2, 0) is 0 Å². The first-order chi connectivity index (χ1) is 14.2. The number of benzene rings is 1. The van der Waals surface area contributed by atoms with Gasteiger partial charge in [-0.2, -0.15) is 0 Å². The zero-order valence-corrected chi connectivity index (χ0v) is 16.6. The molecule has 2 heterocycles. The lowest BCUT2D eigenvalue weighted by Crippen LogP contribution is -2.31. The van der Waals surface area contributed by atoms with Gasteiger partial charge in [0.05, 0.1) is 5.76 Å². The molecule has 0 saturated carbocycles. The zero-order chi connectivity index (χ0) is 20.2. The van der Waals surface area contributed by atoms with Crippen LogP contribution in [0.15, 0.2) is 59.5 Å². The molecular weight excluding hydrogens is 364 g/mol. The molecule has 1 aliphatic carbocycles. The van der Waals surface area contributed by atoms with Crippen LogP contribution in [0.5, 0.6) is 5.75 Å². The van der Waals surface area contributed by atoms with Crippen molar-refractivity contribution in [3.63, 3.8) is 0 Å². The maximum absolute atomic E-state index is 10.3. The fourth-order valence-electron chi connectivity index (χ4n) is 3.93. The number of fused-ring (bicyclic) bond motifs is 1. The Hall–Kier alpha value is -2.96. The summed E-state index contributed by atoms with van der Waals surface area (Å²) in [6.45, 7) is 3.26. The Morgan fingerprint density at radius 3 is 2.76 bits per heavy atom. The zero-order valence-electron chi connectivity index (χ0n) is 16.6. The number of nitrogens with one attached hydrogen (secondary N) is 4. The van der Waals surface area contributed by atoms with Gasteiger partial charge in [-0.25, -0.2) is 0 Å². The number of aliphatic hydroxyl groups is 1. The van der Waals surface area contributed by atoms with Crippen molar-refractivity contribution in [2.24, 2.45) is 5.92 Å². The third-order valence-electron chi connectivity index (χ3n) is 5.58. The average molecular weight is 393 g/mol. The first-order valence-electron chi connectivity index (χ1n) is 10.1. The van der Waals surface area contributed by atoms with E-state index >= 15 is 0 Å². The molecule has 0 fully saturated rings. The Labute approximate surface area is 171 Å². The van der Waals surface area contributed by atoms with Crippen molar-refractivity contribution in [2.75, 3.05) is 38.5 Å². The molecule has 1 aromatic carbocycles. The number of para-hydroxylation sites is 1. The molecular formula is C23H28N4O2. The van der Waals surface area contributed by atoms with Gasteiger partial charge in [-0.1, -0.05) is 24.3 Å². The Morgan fingerprint density at radius 1 is 1.07 bits per heavy atom. The number of H-pyrrole nitrogens is 1. The first kappa shape index (κ1) is 19.4. The van der Waals surface area contributed by atoms with Crippen molar-refractivity contribution in [2.45, 2.75) is 6.42 Å². The molecule has 29 heavy (non-hydrogen) atoms. The van der Waals surface area contributed by atoms with Crippen LogP contribution in [0.1, 0.15) is 12.0 Å². The highest BCUT2D eigenvalue weighted by atomic mass is 16.3. The SMILES string of the molecule is CNCCNCC1CC(C2=Cc3c(-c4ccccc4O)c[nH]c3NC2)=CC=C1O. The molecule has 2 aromatic rings. The summed E-state index contributed by atoms with van der Waals surface area (Å²) in [5.41, 5.74) is 5.27. The van der Waals surface area contributed by atoms with Crippen molar-refractivity contribution in [3.05, 3.63) is 65.1 Å². The summed E-state index contributed by atoms with van der Waals surface area (Å²) in [5, 5.41) is 30.5. The number of rotatable bonds is 7. The molecule has 152 valence electrons. The molecule has 6 N–H and O–H groups in total. The van der Waals surface area contributed by atoms with Gasteiger partial charge in [0.1, 0.15) is 11.6 Å². The third-order valence-corrected chi connectivity index (χ3v) is 5.58. The van der Waals surface area contributed by atoms with Crippen LogP contribution >= 0.6 is 0 Å². The lowest BCUT2D eigenvalue weighted by molar-refractivity contribution is 0.316. The van der Waals surface area contributed by atoms with Gasteiger partial charge < -0.3 is 31.1 Å². The van der Waals surface area contributed by atoms with Gasteiger partial charge in [-0.3, -0.25) is 0 Å². The topological polar surface area (TPSA) is 92.3 Å². The monoisotopic (exact) mass is 392 g/mol. The second kappa shape index (κ2) is 8.59. The van der Waals surface area contributed by atoms with Crippen LogP contribution < -0.4 is 16.0 Å². The molecule has 1 aromatic heterocycles. The number of hydrogen-bond donors (Lipinski definition) is 6. The summed E-state index contributed by atoms with van der Waals surface area (Å²) in [5.74, 6) is 1.75. The number of phenols is 1. The minimum absolute atomic E-state index is 0.0815. The summed E-state index contributed by atoms with van der Waals surface area (Å²) in [7, 11) is 1.93. The predicted octanol–water partition coefficient (Wildman–Crippen LogP) is 3.39. The van der Waals surface area contributed by atoms with Gasteiger partial charge in [0.2, 0.25) is 0 Å². The molecule has 1 atom stereocenters. The van der Waals surface area contributed by atoms with Gasteiger partial charge in [-0.15, -0.1) is 0 Å². The smallest absolute Gasteiger partial charge is 0.123 e. The Bertz CT molecular complexity index is 971. The highest BCUT2D eigenvalue weighted by molar-refractivity contribution is 5.87. The molecule has 0 amide bonds. The van der Waals surface area contributed by atoms with Crippen molar-refractivity contribution < 1.29 is 10.2 Å². The molecule has 1 unspecified atom stereocenters. The average Bonchev–Trinajstić information content (AvgIpc) is 3.16. The van der Waals surface area contributed by atoms with Crippen LogP contribution in [-0.4, -0.2) is 48.4 Å². The Morgan fingerprint density at radius 2 is 1.93 bits per heavy atom. The van der Waals surface area contributed by atoms with Gasteiger partial charge in [0.15, 0.2) is 0 Å². The van der Waals surface area contributed by atoms with E-state index in [1.165, 1.54) is 11.1 Å². The molecule has 6 heteroatoms. The normalized spacial score (nSPS) is 18.4. The van der Waals surface area contributed by atoms with E-state index < -0.39 is 0 Å². The van der Waals surface area contributed by atoms with E-state index in [0.717, 1.165) is 55.1 Å². The minimum Gasteiger partial charge on any atom is -0.512 e. The van der Waals surface area contributed by atoms with E-state index in [0.29, 0.717) is 5.76 Å². The quantitative estimate of drug-likeness (QED) is 0.406. The molecule has 0 bridgehead atoms. The number of allylic oxidation sites excluding steroid dienone is 2. The fourth-order valence-corrected chi connectivity index (χ4v) is 3.93. The molecule has 4 rings (SSSR count). The number of aliphatic hydroxyl groups excluding tert-OH is 1. The third kappa shape index (κ3) is 4.09. The summed E-state index contributed by atoms with van der Waals surface area (Å²) >= 11 is 0. The molecule has 6 nitrogen and oxygen atoms in total. The lowest BCUT2D eigenvalue weighted by atomic mass is 9.86. The van der Waals surface area contributed by atoms with Gasteiger partial charge in [-0.05, 0) is 42.8 Å². The summed E-state index contributed by atoms with van der Waals surface area (Å²) in [6.07, 6.45) is 8.76. The summed E-state index contributed by atoms with van der Waals surface area (Å²) in [4.78, 5) is 3.28. The van der Waals surface area contributed by atoms with Crippen molar-refractivity contribution in [1.29, 1.82) is 0 Å². The number of aromatic nitrogens is 1. The second-order valence-electron chi connectivity index (χ2n) is 7.52. The second-order valence-corrected chi connectivity index (χ2v) is 7.52. The summed E-state index contributed by atoms with van der Waals surface area (Å²) in [6, 6.07) is 7.39. The van der Waals surface area contributed by atoms with Gasteiger partial charge >= 0.3 is 0 Å². The van der Waals surface area contributed by atoms with Crippen LogP contribution in [0.2, 0.25) is 0 Å². The van der Waals surface area contributed by atoms with E-state index in [9.17, 15) is 10.2 Å². The van der Waals surface area contributed by atoms with Crippen LogP contribution in [0.25, 0.3) is 17.2 Å². The highest BCUT2D eigenvalue weighted by Gasteiger charge is 2.24. The van der Waals surface area contributed by atoms with E-state index in [1.54, 1.807) is 6.07 Å². The highest BCUT2D eigenvalue weighted by Crippen LogP contribution is 2.39. The molecule has 1 aliphatic heterocycles. The van der Waals surface area contributed by atoms with E-state index in [-0.39, 0.29) is 11.7 Å². The van der Waals surface area contributed by atoms with Crippen molar-refractivity contribution in [3.8, 4) is 16.9 Å². The molecule has 0 saturated heterocycles. The molecule has 2 aliphatic rings. The number of aromatic hydroxyl groups is 1. The molecule has 0 radical (unpaired) electrons. The Balaban J connectivity index is 1.56. The van der Waals surface area contributed by atoms with E-state index in [1.807, 2.05) is 43.6 Å². The number of aromatic amines is 1. The number of phenolic OH excluding ortho intramolecular Hbond substituents is 1. The standard InChI is InChI=1S/C23H28N4O2/c1-24-8-9-25-12-17-10-15(6-7-21(17)28)16-11-19-20(14-27-23(19)26-13-16)18-4-2-3-5-22(18)29/h2-7,11,14,17,24-29H,8-10,12-13H2,1H3. The van der Waals surface area contributed by atoms with Crippen LogP contribution in [0.3, 0.4) is 0 Å². The van der Waals surface area contributed by atoms with Crippen molar-refractivity contribution >= 4 is 11.9 Å². The van der Waals surface area contributed by atoms with Crippen LogP contribution in [0.4, 0.5) is 5.82 Å². The van der Waals surface area contributed by atoms with Gasteiger partial charge in [0, 0.05) is 55.0 Å². The first-order valence-corrected chi connectivity index (χ1v) is 10.1. The van der Waals surface area contributed by atoms with E-state index in [2.05, 4.69) is 27.0 Å². The fraction of sp³-hybridized carbons (Fsp3) is 0.304. The van der Waals surface area contributed by atoms with Gasteiger partial charge in [0.25, 0.3) is 0 Å². The van der Waals surface area contributed by atoms with Crippen molar-refractivity contribution in [1.82, 2.24) is 15.6 Å². The maximum atomic E-state index is 10.3. The predicted molar refractivity (Wildman–Crippen MR) is 118 cm³/mol. The summed E-state index contributed by atoms with van der Waals surface area (Å²) < 4.78 is 0. The number of hydrogen-bond acceptors (Lipinski definition) is 5. The van der Waals surface area contributed by atoms with Crippen LogP contribution in [0, 0.1) is 5.92 Å². The maximum Gasteiger partial charge on any atom is 0.123 e.